The first kappa shape index (κ1) is 25.0. The molecule has 1 aromatic heterocycles. The number of aromatic nitrogens is 2. The van der Waals surface area contributed by atoms with E-state index in [9.17, 15) is 4.79 Å². The average Bonchev–Trinajstić information content (AvgIpc) is 3.12. The van der Waals surface area contributed by atoms with E-state index in [1.807, 2.05) is 36.4 Å². The first-order chi connectivity index (χ1) is 16.7. The third-order valence-electron chi connectivity index (χ3n) is 6.98. The molecule has 1 N–H and O–H groups in total. The summed E-state index contributed by atoms with van der Waals surface area (Å²) in [7, 11) is 1.68. The molecule has 0 amide bonds. The molecule has 1 aliphatic heterocycles. The Morgan fingerprint density at radius 1 is 0.886 bits per heavy atom. The minimum Gasteiger partial charge on any atom is -1.00 e. The third kappa shape index (κ3) is 5.75. The Morgan fingerprint density at radius 2 is 1.60 bits per heavy atom. The fourth-order valence-corrected chi connectivity index (χ4v) is 5.12. The number of hydrogen-bond donors (Lipinski definition) is 1. The monoisotopic (exact) mass is 489 g/mol. The van der Waals surface area contributed by atoms with Gasteiger partial charge in [0.2, 0.25) is 0 Å². The molecule has 1 aliphatic rings. The molecule has 0 bridgehead atoms. The van der Waals surface area contributed by atoms with Gasteiger partial charge in [-0.25, -0.2) is 4.68 Å². The van der Waals surface area contributed by atoms with E-state index in [4.69, 9.17) is 9.84 Å². The number of hydrogen-bond acceptors (Lipinski definition) is 3. The molecule has 0 aliphatic carbocycles. The van der Waals surface area contributed by atoms with Gasteiger partial charge in [-0.15, -0.1) is 0 Å². The summed E-state index contributed by atoms with van der Waals surface area (Å²) in [5.74, 6) is 0.840. The largest absolute Gasteiger partial charge is 1.00 e. The number of halogens is 1. The third-order valence-corrected chi connectivity index (χ3v) is 6.98. The van der Waals surface area contributed by atoms with Crippen molar-refractivity contribution in [1.82, 2.24) is 9.78 Å². The van der Waals surface area contributed by atoms with Crippen molar-refractivity contribution in [3.05, 3.63) is 106 Å². The number of nitrogens with zero attached hydrogens (tertiary/aromatic N) is 2. The summed E-state index contributed by atoms with van der Waals surface area (Å²) >= 11 is 0. The minimum atomic E-state index is 0. The Morgan fingerprint density at radius 3 is 2.34 bits per heavy atom. The van der Waals surface area contributed by atoms with Gasteiger partial charge >= 0.3 is 0 Å². The van der Waals surface area contributed by atoms with Gasteiger partial charge in [0, 0.05) is 23.8 Å². The van der Waals surface area contributed by atoms with Gasteiger partial charge in [-0.05, 0) is 36.6 Å². The SMILES string of the molecule is COc1ccc(Cc2nn(C3CCC[NH+](Cc4ccccc4)CC3)c(=O)c3ccccc23)cc1.[Cl-]. The molecule has 4 aromatic rings. The van der Waals surface area contributed by atoms with Gasteiger partial charge in [-0.2, -0.15) is 5.10 Å². The van der Waals surface area contributed by atoms with Crippen LogP contribution in [0.3, 0.4) is 0 Å². The number of nitrogens with one attached hydrogen (secondary N) is 1. The zero-order valence-electron chi connectivity index (χ0n) is 20.1. The highest BCUT2D eigenvalue weighted by Gasteiger charge is 2.24. The lowest BCUT2D eigenvalue weighted by Gasteiger charge is -2.19. The van der Waals surface area contributed by atoms with Crippen molar-refractivity contribution in [2.24, 2.45) is 0 Å². The second-order valence-electron chi connectivity index (χ2n) is 9.26. The number of ether oxygens (including phenoxy) is 1. The van der Waals surface area contributed by atoms with Gasteiger partial charge in [0.25, 0.3) is 5.56 Å². The van der Waals surface area contributed by atoms with E-state index in [1.54, 1.807) is 16.7 Å². The molecule has 2 unspecified atom stereocenters. The highest BCUT2D eigenvalue weighted by molar-refractivity contribution is 5.83. The molecule has 1 fully saturated rings. The van der Waals surface area contributed by atoms with Gasteiger partial charge in [0.05, 0.1) is 37.3 Å². The van der Waals surface area contributed by atoms with E-state index in [1.165, 1.54) is 5.56 Å². The molecule has 0 radical (unpaired) electrons. The molecular formula is C29H32ClN3O2. The smallest absolute Gasteiger partial charge is 0.274 e. The van der Waals surface area contributed by atoms with Gasteiger partial charge < -0.3 is 22.0 Å². The van der Waals surface area contributed by atoms with Gasteiger partial charge in [-0.3, -0.25) is 4.79 Å². The lowest BCUT2D eigenvalue weighted by atomic mass is 10.0. The minimum absolute atomic E-state index is 0. The standard InChI is InChI=1S/C29H31N3O2.ClH/c1-34-25-15-13-22(14-16-25)20-28-26-11-5-6-12-27(26)29(33)32(30-28)24-10-7-18-31(19-17-24)21-23-8-3-2-4-9-23;/h2-6,8-9,11-16,24H,7,10,17-21H2,1H3;1H. The topological polar surface area (TPSA) is 48.6 Å². The van der Waals surface area contributed by atoms with Crippen molar-refractivity contribution in [3.8, 4) is 5.75 Å². The highest BCUT2D eigenvalue weighted by Crippen LogP contribution is 2.22. The van der Waals surface area contributed by atoms with E-state index in [0.717, 1.165) is 66.7 Å². The molecule has 35 heavy (non-hydrogen) atoms. The van der Waals surface area contributed by atoms with Crippen LogP contribution in [-0.4, -0.2) is 30.0 Å². The Kier molecular flexibility index (Phi) is 8.21. The zero-order chi connectivity index (χ0) is 23.3. The molecule has 1 saturated heterocycles. The van der Waals surface area contributed by atoms with Gasteiger partial charge in [-0.1, -0.05) is 60.7 Å². The maximum absolute atomic E-state index is 13.5. The fraction of sp³-hybridized carbons (Fsp3) is 0.310. The van der Waals surface area contributed by atoms with Crippen LogP contribution >= 0.6 is 0 Å². The molecular weight excluding hydrogens is 458 g/mol. The molecule has 2 atom stereocenters. The van der Waals surface area contributed by atoms with Gasteiger partial charge in [0.15, 0.2) is 0 Å². The Balaban J connectivity index is 0.00000289. The van der Waals surface area contributed by atoms with Crippen LogP contribution in [-0.2, 0) is 13.0 Å². The molecule has 0 spiro atoms. The van der Waals surface area contributed by atoms with Crippen LogP contribution in [0.1, 0.15) is 42.1 Å². The fourth-order valence-electron chi connectivity index (χ4n) is 5.12. The van der Waals surface area contributed by atoms with Crippen molar-refractivity contribution in [2.75, 3.05) is 20.2 Å². The van der Waals surface area contributed by atoms with E-state index in [2.05, 4.69) is 42.5 Å². The lowest BCUT2D eigenvalue weighted by Crippen LogP contribution is -3.10. The van der Waals surface area contributed by atoms with Crippen LogP contribution in [0, 0.1) is 0 Å². The summed E-state index contributed by atoms with van der Waals surface area (Å²) < 4.78 is 7.10. The van der Waals surface area contributed by atoms with Crippen molar-refractivity contribution in [1.29, 1.82) is 0 Å². The molecule has 6 heteroatoms. The van der Waals surface area contributed by atoms with Crippen LogP contribution in [0.5, 0.6) is 5.75 Å². The first-order valence-corrected chi connectivity index (χ1v) is 12.2. The van der Waals surface area contributed by atoms with Crippen LogP contribution in [0.4, 0.5) is 0 Å². The highest BCUT2D eigenvalue weighted by atomic mass is 35.5. The number of methoxy groups -OCH3 is 1. The number of rotatable bonds is 6. The summed E-state index contributed by atoms with van der Waals surface area (Å²) in [6, 6.07) is 26.8. The quantitative estimate of drug-likeness (QED) is 0.436. The maximum Gasteiger partial charge on any atom is 0.274 e. The predicted molar refractivity (Wildman–Crippen MR) is 136 cm³/mol. The van der Waals surface area contributed by atoms with Crippen molar-refractivity contribution < 1.29 is 22.0 Å². The second kappa shape index (κ2) is 11.5. The number of likely N-dealkylation sites (tertiary alicyclic amines) is 1. The van der Waals surface area contributed by atoms with E-state index in [0.29, 0.717) is 6.42 Å². The van der Waals surface area contributed by atoms with Gasteiger partial charge in [0.1, 0.15) is 12.3 Å². The van der Waals surface area contributed by atoms with Crippen molar-refractivity contribution >= 4 is 10.8 Å². The van der Waals surface area contributed by atoms with Crippen molar-refractivity contribution in [2.45, 2.75) is 38.3 Å². The van der Waals surface area contributed by atoms with Crippen LogP contribution in [0.15, 0.2) is 83.7 Å². The average molecular weight is 490 g/mol. The number of fused-ring (bicyclic) bond motifs is 1. The molecule has 5 rings (SSSR count). The molecule has 2 heterocycles. The van der Waals surface area contributed by atoms with E-state index in [-0.39, 0.29) is 24.0 Å². The number of quaternary nitrogens is 1. The normalized spacial score (nSPS) is 18.0. The molecule has 182 valence electrons. The van der Waals surface area contributed by atoms with Crippen LogP contribution < -0.4 is 27.6 Å². The van der Waals surface area contributed by atoms with Crippen molar-refractivity contribution in [3.63, 3.8) is 0 Å². The summed E-state index contributed by atoms with van der Waals surface area (Å²) in [6.07, 6.45) is 3.74. The summed E-state index contributed by atoms with van der Waals surface area (Å²) in [6.45, 7) is 3.22. The molecule has 3 aromatic carbocycles. The molecule has 5 nitrogen and oxygen atoms in total. The summed E-state index contributed by atoms with van der Waals surface area (Å²) in [5, 5.41) is 6.69. The first-order valence-electron chi connectivity index (χ1n) is 12.2. The summed E-state index contributed by atoms with van der Waals surface area (Å²) in [4.78, 5) is 15.1. The Labute approximate surface area is 212 Å². The second-order valence-corrected chi connectivity index (χ2v) is 9.26. The zero-order valence-corrected chi connectivity index (χ0v) is 20.9. The van der Waals surface area contributed by atoms with Crippen LogP contribution in [0.2, 0.25) is 0 Å². The maximum atomic E-state index is 13.5. The molecule has 0 saturated carbocycles. The van der Waals surface area contributed by atoms with Crippen LogP contribution in [0.25, 0.3) is 10.8 Å². The lowest BCUT2D eigenvalue weighted by molar-refractivity contribution is -0.913. The number of benzene rings is 3. The predicted octanol–water partition coefficient (Wildman–Crippen LogP) is 0.810. The van der Waals surface area contributed by atoms with E-state index < -0.39 is 0 Å². The summed E-state index contributed by atoms with van der Waals surface area (Å²) in [5.41, 5.74) is 3.52. The van der Waals surface area contributed by atoms with E-state index >= 15 is 0 Å². The Bertz CT molecular complexity index is 1310. The Hall–Kier alpha value is -3.15.